The van der Waals surface area contributed by atoms with Crippen molar-refractivity contribution in [3.8, 4) is 12.3 Å². The minimum Gasteiger partial charge on any atom is -0.476 e. The van der Waals surface area contributed by atoms with Crippen molar-refractivity contribution < 1.29 is 18.3 Å². The Morgan fingerprint density at radius 3 is 2.93 bits per heavy atom. The molecule has 0 spiro atoms. The highest BCUT2D eigenvalue weighted by atomic mass is 32.2. The van der Waals surface area contributed by atoms with Crippen LogP contribution in [0.15, 0.2) is 9.72 Å². The predicted molar refractivity (Wildman–Crippen MR) is 53.1 cm³/mol. The molecule has 1 aromatic heterocycles. The number of nitrogens with zero attached hydrogens (tertiary/aromatic N) is 1. The van der Waals surface area contributed by atoms with E-state index in [1.165, 1.54) is 0 Å². The first kappa shape index (κ1) is 11.6. The van der Waals surface area contributed by atoms with E-state index in [-0.39, 0.29) is 10.8 Å². The van der Waals surface area contributed by atoms with E-state index >= 15 is 0 Å². The van der Waals surface area contributed by atoms with E-state index in [1.54, 1.807) is 0 Å². The number of carboxylic acid groups (broad SMARTS) is 1. The van der Waals surface area contributed by atoms with Gasteiger partial charge in [0.2, 0.25) is 0 Å². The number of sulfonamides is 1. The molecular formula is C7H6N2O4S2. The number of rotatable bonds is 4. The normalized spacial score (nSPS) is 10.9. The van der Waals surface area contributed by atoms with Gasteiger partial charge in [-0.15, -0.1) is 17.8 Å². The van der Waals surface area contributed by atoms with E-state index in [9.17, 15) is 13.2 Å². The lowest BCUT2D eigenvalue weighted by molar-refractivity contribution is 0.0687. The molecule has 80 valence electrons. The number of aromatic nitrogens is 1. The minimum absolute atomic E-state index is 0.195. The second-order valence-corrected chi connectivity index (χ2v) is 5.14. The third kappa shape index (κ3) is 2.53. The minimum atomic E-state index is -3.87. The number of carbonyl (C=O) groups is 1. The fourth-order valence-electron chi connectivity index (χ4n) is 0.771. The largest absolute Gasteiger partial charge is 0.476 e. The molecular weight excluding hydrogens is 240 g/mol. The monoisotopic (exact) mass is 246 g/mol. The van der Waals surface area contributed by atoms with Gasteiger partial charge in [-0.25, -0.2) is 18.2 Å². The van der Waals surface area contributed by atoms with Crippen LogP contribution in [0.1, 0.15) is 10.5 Å². The molecule has 0 atom stereocenters. The molecule has 0 radical (unpaired) electrons. The van der Waals surface area contributed by atoms with Crippen molar-refractivity contribution in [1.82, 2.24) is 9.71 Å². The number of carboxylic acids is 1. The first-order chi connectivity index (χ1) is 6.99. The zero-order valence-corrected chi connectivity index (χ0v) is 8.93. The van der Waals surface area contributed by atoms with Crippen molar-refractivity contribution in [1.29, 1.82) is 0 Å². The van der Waals surface area contributed by atoms with Gasteiger partial charge in [0.05, 0.1) is 12.1 Å². The molecule has 0 aliphatic rings. The highest BCUT2D eigenvalue weighted by Crippen LogP contribution is 2.19. The molecule has 0 aliphatic heterocycles. The summed E-state index contributed by atoms with van der Waals surface area (Å²) in [5.41, 5.74) is 0.651. The van der Waals surface area contributed by atoms with Gasteiger partial charge in [0.25, 0.3) is 10.0 Å². The smallest absolute Gasteiger partial charge is 0.356 e. The van der Waals surface area contributed by atoms with Crippen molar-refractivity contribution in [3.63, 3.8) is 0 Å². The third-order valence-corrected chi connectivity index (χ3v) is 4.12. The SMILES string of the molecule is C#CCNS(=O)(=O)c1scnc1C(=O)O. The van der Waals surface area contributed by atoms with Gasteiger partial charge < -0.3 is 5.11 Å². The van der Waals surface area contributed by atoms with E-state index < -0.39 is 21.7 Å². The van der Waals surface area contributed by atoms with Gasteiger partial charge in [-0.1, -0.05) is 5.92 Å². The topological polar surface area (TPSA) is 96.4 Å². The van der Waals surface area contributed by atoms with Crippen LogP contribution in [0, 0.1) is 12.3 Å². The lowest BCUT2D eigenvalue weighted by atomic mass is 10.5. The molecule has 0 aromatic carbocycles. The van der Waals surface area contributed by atoms with Crippen LogP contribution in [0.4, 0.5) is 0 Å². The van der Waals surface area contributed by atoms with Gasteiger partial charge in [0.15, 0.2) is 9.90 Å². The summed E-state index contributed by atoms with van der Waals surface area (Å²) >= 11 is 0.724. The number of terminal acetylenes is 1. The Hall–Kier alpha value is -1.43. The van der Waals surface area contributed by atoms with Crippen molar-refractivity contribution in [2.45, 2.75) is 4.21 Å². The molecule has 8 heteroatoms. The van der Waals surface area contributed by atoms with Crippen LogP contribution in [0.5, 0.6) is 0 Å². The molecule has 1 aromatic rings. The molecule has 1 rings (SSSR count). The quantitative estimate of drug-likeness (QED) is 0.714. The van der Waals surface area contributed by atoms with E-state index in [4.69, 9.17) is 11.5 Å². The van der Waals surface area contributed by atoms with Gasteiger partial charge in [-0.05, 0) is 0 Å². The summed E-state index contributed by atoms with van der Waals surface area (Å²) in [4.78, 5) is 14.1. The standard InChI is InChI=1S/C7H6N2O4S2/c1-2-3-9-15(12,13)7-5(6(10)11)8-4-14-7/h1,4,9H,3H2,(H,10,11). The summed E-state index contributed by atoms with van der Waals surface area (Å²) in [6.07, 6.45) is 4.88. The maximum atomic E-state index is 11.5. The number of hydrogen-bond acceptors (Lipinski definition) is 5. The highest BCUT2D eigenvalue weighted by Gasteiger charge is 2.24. The molecule has 0 aliphatic carbocycles. The predicted octanol–water partition coefficient (Wildman–Crippen LogP) is -0.247. The van der Waals surface area contributed by atoms with Gasteiger partial charge in [0.1, 0.15) is 0 Å². The van der Waals surface area contributed by atoms with Gasteiger partial charge in [-0.3, -0.25) is 0 Å². The molecule has 0 saturated heterocycles. The first-order valence-corrected chi connectivity index (χ1v) is 5.95. The van der Waals surface area contributed by atoms with Crippen molar-refractivity contribution in [2.24, 2.45) is 0 Å². The second kappa shape index (κ2) is 4.39. The maximum absolute atomic E-state index is 11.5. The molecule has 0 fully saturated rings. The molecule has 6 nitrogen and oxygen atoms in total. The second-order valence-electron chi connectivity index (χ2n) is 2.32. The Morgan fingerprint density at radius 1 is 1.73 bits per heavy atom. The molecule has 0 amide bonds. The molecule has 1 heterocycles. The maximum Gasteiger partial charge on any atom is 0.356 e. The zero-order valence-electron chi connectivity index (χ0n) is 7.30. The van der Waals surface area contributed by atoms with E-state index in [0.29, 0.717) is 0 Å². The van der Waals surface area contributed by atoms with Crippen molar-refractivity contribution in [2.75, 3.05) is 6.54 Å². The summed E-state index contributed by atoms with van der Waals surface area (Å²) in [5.74, 6) is 0.690. The lowest BCUT2D eigenvalue weighted by Crippen LogP contribution is -2.24. The Morgan fingerprint density at radius 2 is 2.40 bits per heavy atom. The Labute approximate surface area is 90.0 Å². The lowest BCUT2D eigenvalue weighted by Gasteiger charge is -2.00. The average Bonchev–Trinajstić information content (AvgIpc) is 2.63. The van der Waals surface area contributed by atoms with Crippen LogP contribution < -0.4 is 4.72 Å². The summed E-state index contributed by atoms with van der Waals surface area (Å²) in [6, 6.07) is 0. The Kier molecular flexibility index (Phi) is 3.41. The number of thiazole rings is 1. The Balaban J connectivity index is 3.11. The van der Waals surface area contributed by atoms with Crippen molar-refractivity contribution >= 4 is 27.3 Å². The van der Waals surface area contributed by atoms with Crippen LogP contribution >= 0.6 is 11.3 Å². The van der Waals surface area contributed by atoms with Crippen LogP contribution in [0.2, 0.25) is 0 Å². The van der Waals surface area contributed by atoms with Gasteiger partial charge >= 0.3 is 5.97 Å². The van der Waals surface area contributed by atoms with E-state index in [1.807, 2.05) is 4.72 Å². The van der Waals surface area contributed by atoms with Crippen LogP contribution in [-0.2, 0) is 10.0 Å². The molecule has 0 unspecified atom stereocenters. The summed E-state index contributed by atoms with van der Waals surface area (Å²) in [5, 5.41) is 8.65. The van der Waals surface area contributed by atoms with Crippen molar-refractivity contribution in [3.05, 3.63) is 11.2 Å². The van der Waals surface area contributed by atoms with Crippen LogP contribution in [0.25, 0.3) is 0 Å². The molecule has 15 heavy (non-hydrogen) atoms. The van der Waals surface area contributed by atoms with Crippen LogP contribution in [0.3, 0.4) is 0 Å². The zero-order chi connectivity index (χ0) is 11.5. The summed E-state index contributed by atoms with van der Waals surface area (Å²) in [6.45, 7) is -0.195. The molecule has 2 N–H and O–H groups in total. The number of hydrogen-bond donors (Lipinski definition) is 2. The molecule has 0 saturated carbocycles. The third-order valence-electron chi connectivity index (χ3n) is 1.35. The summed E-state index contributed by atoms with van der Waals surface area (Å²) < 4.78 is 24.7. The van der Waals surface area contributed by atoms with Gasteiger partial charge in [0, 0.05) is 0 Å². The first-order valence-electron chi connectivity index (χ1n) is 3.59. The fraction of sp³-hybridized carbons (Fsp3) is 0.143. The highest BCUT2D eigenvalue weighted by molar-refractivity contribution is 7.91. The molecule has 0 bridgehead atoms. The number of aromatic carboxylic acids is 1. The summed E-state index contributed by atoms with van der Waals surface area (Å²) in [7, 11) is -3.87. The fourth-order valence-corrected chi connectivity index (χ4v) is 2.89. The average molecular weight is 246 g/mol. The van der Waals surface area contributed by atoms with Gasteiger partial charge in [-0.2, -0.15) is 4.72 Å². The van der Waals surface area contributed by atoms with E-state index in [0.717, 1.165) is 16.8 Å². The van der Waals surface area contributed by atoms with Crippen LogP contribution in [-0.4, -0.2) is 31.0 Å². The van der Waals surface area contributed by atoms with E-state index in [2.05, 4.69) is 10.9 Å². The number of nitrogens with one attached hydrogen (secondary N) is 1. The Bertz CT molecular complexity index is 511.